The monoisotopic (exact) mass is 344 g/mol. The molecule has 7 nitrogen and oxygen atoms in total. The van der Waals surface area contributed by atoms with Gasteiger partial charge in [-0.3, -0.25) is 9.89 Å². The normalized spacial score (nSPS) is 10.5. The van der Waals surface area contributed by atoms with Gasteiger partial charge in [0.2, 0.25) is 11.1 Å². The molecule has 2 heterocycles. The van der Waals surface area contributed by atoms with Gasteiger partial charge in [0.1, 0.15) is 11.5 Å². The number of amides is 1. The number of H-pyrrole nitrogens is 1. The first-order valence-corrected chi connectivity index (χ1v) is 8.22. The fourth-order valence-electron chi connectivity index (χ4n) is 1.97. The van der Waals surface area contributed by atoms with Crippen molar-refractivity contribution in [3.05, 3.63) is 48.4 Å². The number of aromatic amines is 1. The Labute approximate surface area is 142 Å². The number of carbonyl (C=O) groups excluding carboxylic acids is 1. The zero-order valence-electron chi connectivity index (χ0n) is 13.0. The van der Waals surface area contributed by atoms with Crippen LogP contribution in [0.5, 0.6) is 5.75 Å². The predicted octanol–water partition coefficient (Wildman–Crippen LogP) is 2.48. The summed E-state index contributed by atoms with van der Waals surface area (Å²) >= 11 is 1.27. The van der Waals surface area contributed by atoms with Crippen molar-refractivity contribution >= 4 is 17.7 Å². The molecule has 3 rings (SSSR count). The van der Waals surface area contributed by atoms with E-state index in [4.69, 9.17) is 9.15 Å². The van der Waals surface area contributed by atoms with Gasteiger partial charge in [0, 0.05) is 5.56 Å². The third kappa shape index (κ3) is 4.17. The van der Waals surface area contributed by atoms with E-state index >= 15 is 0 Å². The van der Waals surface area contributed by atoms with E-state index in [1.165, 1.54) is 11.8 Å². The van der Waals surface area contributed by atoms with Crippen LogP contribution in [0.15, 0.2) is 52.2 Å². The van der Waals surface area contributed by atoms with E-state index in [1.54, 1.807) is 19.4 Å². The summed E-state index contributed by atoms with van der Waals surface area (Å²) in [4.78, 5) is 16.2. The van der Waals surface area contributed by atoms with Crippen LogP contribution in [0.25, 0.3) is 11.4 Å². The summed E-state index contributed by atoms with van der Waals surface area (Å²) in [5, 5.41) is 10.3. The lowest BCUT2D eigenvalue weighted by atomic mass is 10.2. The summed E-state index contributed by atoms with van der Waals surface area (Å²) in [6, 6.07) is 11.1. The Hall–Kier alpha value is -2.74. The van der Waals surface area contributed by atoms with Crippen LogP contribution < -0.4 is 10.1 Å². The van der Waals surface area contributed by atoms with Crippen LogP contribution in [-0.4, -0.2) is 34.0 Å². The largest absolute Gasteiger partial charge is 0.497 e. The Morgan fingerprint density at radius 1 is 1.33 bits per heavy atom. The summed E-state index contributed by atoms with van der Waals surface area (Å²) < 4.78 is 10.3. The molecule has 0 atom stereocenters. The molecule has 1 amide bonds. The highest BCUT2D eigenvalue weighted by Gasteiger charge is 2.09. The molecule has 0 saturated carbocycles. The number of nitrogens with zero attached hydrogens (tertiary/aromatic N) is 2. The minimum Gasteiger partial charge on any atom is -0.497 e. The highest BCUT2D eigenvalue weighted by Crippen LogP contribution is 2.21. The van der Waals surface area contributed by atoms with Crippen molar-refractivity contribution < 1.29 is 13.9 Å². The SMILES string of the molecule is COc1ccc(-c2nc(SCC(=O)NCc3ccco3)n[nH]2)cc1. The van der Waals surface area contributed by atoms with Crippen molar-refractivity contribution in [2.45, 2.75) is 11.7 Å². The van der Waals surface area contributed by atoms with E-state index in [-0.39, 0.29) is 11.7 Å². The molecule has 3 aromatic rings. The van der Waals surface area contributed by atoms with Gasteiger partial charge in [0.05, 0.1) is 25.7 Å². The molecule has 0 aliphatic rings. The van der Waals surface area contributed by atoms with E-state index in [0.717, 1.165) is 11.3 Å². The van der Waals surface area contributed by atoms with E-state index in [2.05, 4.69) is 20.5 Å². The van der Waals surface area contributed by atoms with Crippen LogP contribution in [0.1, 0.15) is 5.76 Å². The maximum absolute atomic E-state index is 11.8. The molecule has 0 spiro atoms. The van der Waals surface area contributed by atoms with E-state index in [1.807, 2.05) is 30.3 Å². The maximum Gasteiger partial charge on any atom is 0.230 e. The number of hydrogen-bond donors (Lipinski definition) is 2. The molecule has 2 N–H and O–H groups in total. The highest BCUT2D eigenvalue weighted by molar-refractivity contribution is 7.99. The number of rotatable bonds is 7. The first-order valence-electron chi connectivity index (χ1n) is 7.23. The number of furan rings is 1. The number of carbonyl (C=O) groups is 1. The van der Waals surface area contributed by atoms with Gasteiger partial charge in [0.25, 0.3) is 0 Å². The van der Waals surface area contributed by atoms with E-state index < -0.39 is 0 Å². The summed E-state index contributed by atoms with van der Waals surface area (Å²) in [7, 11) is 1.62. The third-order valence-electron chi connectivity index (χ3n) is 3.20. The highest BCUT2D eigenvalue weighted by atomic mass is 32.2. The molecule has 0 bridgehead atoms. The number of nitrogens with one attached hydrogen (secondary N) is 2. The first-order chi connectivity index (χ1) is 11.7. The second kappa shape index (κ2) is 7.69. The van der Waals surface area contributed by atoms with Gasteiger partial charge in [-0.25, -0.2) is 4.98 Å². The number of aromatic nitrogens is 3. The quantitative estimate of drug-likeness (QED) is 0.640. The standard InChI is InChI=1S/C16H16N4O3S/c1-22-12-6-4-11(5-7-12)15-18-16(20-19-15)24-10-14(21)17-9-13-3-2-8-23-13/h2-8H,9-10H2,1H3,(H,17,21)(H,18,19,20). The average molecular weight is 344 g/mol. The van der Waals surface area contributed by atoms with Gasteiger partial charge >= 0.3 is 0 Å². The minimum atomic E-state index is -0.104. The van der Waals surface area contributed by atoms with Crippen LogP contribution >= 0.6 is 11.8 Å². The van der Waals surface area contributed by atoms with Crippen molar-refractivity contribution in [3.63, 3.8) is 0 Å². The molecule has 2 aromatic heterocycles. The molecule has 0 radical (unpaired) electrons. The van der Waals surface area contributed by atoms with Crippen LogP contribution in [0.3, 0.4) is 0 Å². The van der Waals surface area contributed by atoms with Crippen molar-refractivity contribution in [3.8, 4) is 17.1 Å². The van der Waals surface area contributed by atoms with E-state index in [9.17, 15) is 4.79 Å². The molecule has 1 aromatic carbocycles. The van der Waals surface area contributed by atoms with Crippen LogP contribution in [0.4, 0.5) is 0 Å². The Balaban J connectivity index is 1.51. The number of ether oxygens (including phenoxy) is 1. The fraction of sp³-hybridized carbons (Fsp3) is 0.188. The van der Waals surface area contributed by atoms with Gasteiger partial charge < -0.3 is 14.5 Å². The van der Waals surface area contributed by atoms with Gasteiger partial charge in [-0.1, -0.05) is 11.8 Å². The lowest BCUT2D eigenvalue weighted by Crippen LogP contribution is -2.24. The smallest absolute Gasteiger partial charge is 0.230 e. The predicted molar refractivity (Wildman–Crippen MR) is 89.6 cm³/mol. The molecule has 0 unspecified atom stereocenters. The topological polar surface area (TPSA) is 93.0 Å². The molecule has 0 aliphatic heterocycles. The summed E-state index contributed by atoms with van der Waals surface area (Å²) in [6.07, 6.45) is 1.57. The zero-order chi connectivity index (χ0) is 16.8. The van der Waals surface area contributed by atoms with Crippen molar-refractivity contribution in [2.75, 3.05) is 12.9 Å². The number of thioether (sulfide) groups is 1. The molecular weight excluding hydrogens is 328 g/mol. The number of benzene rings is 1. The van der Waals surface area contributed by atoms with Gasteiger partial charge in [-0.2, -0.15) is 0 Å². The van der Waals surface area contributed by atoms with Gasteiger partial charge in [-0.15, -0.1) is 5.10 Å². The third-order valence-corrected chi connectivity index (χ3v) is 4.05. The molecule has 24 heavy (non-hydrogen) atoms. The van der Waals surface area contributed by atoms with Crippen LogP contribution in [0.2, 0.25) is 0 Å². The summed E-state index contributed by atoms with van der Waals surface area (Å²) in [5.74, 6) is 2.28. The Morgan fingerprint density at radius 3 is 2.88 bits per heavy atom. The second-order valence-corrected chi connectivity index (χ2v) is 5.78. The summed E-state index contributed by atoms with van der Waals surface area (Å²) in [6.45, 7) is 0.373. The maximum atomic E-state index is 11.8. The van der Waals surface area contributed by atoms with Crippen LogP contribution in [-0.2, 0) is 11.3 Å². The molecule has 8 heteroatoms. The fourth-order valence-corrected chi connectivity index (χ4v) is 2.60. The Morgan fingerprint density at radius 2 is 2.17 bits per heavy atom. The summed E-state index contributed by atoms with van der Waals surface area (Å²) in [5.41, 5.74) is 0.900. The Kier molecular flexibility index (Phi) is 5.17. The number of hydrogen-bond acceptors (Lipinski definition) is 6. The van der Waals surface area contributed by atoms with Gasteiger partial charge in [0.15, 0.2) is 5.82 Å². The number of methoxy groups -OCH3 is 1. The lowest BCUT2D eigenvalue weighted by molar-refractivity contribution is -0.118. The molecule has 0 aliphatic carbocycles. The lowest BCUT2D eigenvalue weighted by Gasteiger charge is -2.01. The van der Waals surface area contributed by atoms with Crippen molar-refractivity contribution in [1.82, 2.24) is 20.5 Å². The van der Waals surface area contributed by atoms with Crippen LogP contribution in [0, 0.1) is 0 Å². The Bertz CT molecular complexity index is 784. The average Bonchev–Trinajstić information content (AvgIpc) is 3.30. The first kappa shape index (κ1) is 16.1. The van der Waals surface area contributed by atoms with Crippen molar-refractivity contribution in [2.24, 2.45) is 0 Å². The molecule has 0 fully saturated rings. The molecule has 0 saturated heterocycles. The van der Waals surface area contributed by atoms with E-state index in [0.29, 0.717) is 23.3 Å². The van der Waals surface area contributed by atoms with Crippen molar-refractivity contribution in [1.29, 1.82) is 0 Å². The minimum absolute atomic E-state index is 0.104. The molecule has 124 valence electrons. The van der Waals surface area contributed by atoms with Gasteiger partial charge in [-0.05, 0) is 36.4 Å². The zero-order valence-corrected chi connectivity index (χ0v) is 13.8. The molecular formula is C16H16N4O3S. The second-order valence-electron chi connectivity index (χ2n) is 4.84.